The molecule has 92 valence electrons. The lowest BCUT2D eigenvalue weighted by Gasteiger charge is -2.27. The van der Waals surface area contributed by atoms with E-state index in [9.17, 15) is 4.79 Å². The van der Waals surface area contributed by atoms with Crippen LogP contribution in [0, 0.1) is 6.92 Å². The molecule has 1 N–H and O–H groups in total. The summed E-state index contributed by atoms with van der Waals surface area (Å²) >= 11 is 0. The number of hydrogen-bond acceptors (Lipinski definition) is 3. The number of rotatable bonds is 3. The normalized spacial score (nSPS) is 17.1. The number of ketones is 1. The van der Waals surface area contributed by atoms with Gasteiger partial charge < -0.3 is 5.32 Å². The highest BCUT2D eigenvalue weighted by molar-refractivity contribution is 5.95. The van der Waals surface area contributed by atoms with Crippen LogP contribution in [0.15, 0.2) is 18.2 Å². The third kappa shape index (κ3) is 3.14. The molecule has 0 saturated carbocycles. The van der Waals surface area contributed by atoms with Gasteiger partial charge in [0.2, 0.25) is 0 Å². The molecule has 17 heavy (non-hydrogen) atoms. The number of nitrogens with one attached hydrogen (secondary N) is 1. The van der Waals surface area contributed by atoms with Crippen molar-refractivity contribution in [2.24, 2.45) is 0 Å². The maximum Gasteiger partial charge on any atom is 0.160 e. The zero-order chi connectivity index (χ0) is 12.3. The maximum atomic E-state index is 11.5. The Labute approximate surface area is 103 Å². The highest BCUT2D eigenvalue weighted by Gasteiger charge is 2.11. The van der Waals surface area contributed by atoms with Gasteiger partial charge in [-0.15, -0.1) is 0 Å². The van der Waals surface area contributed by atoms with Crippen molar-refractivity contribution < 1.29 is 4.79 Å². The summed E-state index contributed by atoms with van der Waals surface area (Å²) in [7, 11) is 0. The second-order valence-corrected chi connectivity index (χ2v) is 4.73. The van der Waals surface area contributed by atoms with Crippen molar-refractivity contribution in [1.29, 1.82) is 0 Å². The molecule has 1 heterocycles. The Balaban J connectivity index is 2.10. The average Bonchev–Trinajstić information content (AvgIpc) is 2.32. The quantitative estimate of drug-likeness (QED) is 0.803. The topological polar surface area (TPSA) is 32.3 Å². The number of piperazine rings is 1. The molecule has 1 aliphatic heterocycles. The van der Waals surface area contributed by atoms with Gasteiger partial charge in [0, 0.05) is 38.3 Å². The molecule has 0 unspecified atom stereocenters. The number of aryl methyl sites for hydroxylation is 1. The minimum Gasteiger partial charge on any atom is -0.314 e. The molecule has 1 saturated heterocycles. The van der Waals surface area contributed by atoms with Crippen molar-refractivity contribution in [2.45, 2.75) is 20.4 Å². The van der Waals surface area contributed by atoms with Crippen LogP contribution in [0.25, 0.3) is 0 Å². The fourth-order valence-electron chi connectivity index (χ4n) is 2.27. The van der Waals surface area contributed by atoms with E-state index in [2.05, 4.69) is 16.3 Å². The largest absolute Gasteiger partial charge is 0.314 e. The minimum atomic E-state index is 0.157. The van der Waals surface area contributed by atoms with Gasteiger partial charge in [-0.1, -0.05) is 12.1 Å². The van der Waals surface area contributed by atoms with Gasteiger partial charge in [0.05, 0.1) is 0 Å². The summed E-state index contributed by atoms with van der Waals surface area (Å²) in [6.07, 6.45) is 0. The molecular formula is C14H20N2O. The van der Waals surface area contributed by atoms with Gasteiger partial charge >= 0.3 is 0 Å². The van der Waals surface area contributed by atoms with E-state index in [0.717, 1.165) is 43.9 Å². The Morgan fingerprint density at radius 3 is 2.71 bits per heavy atom. The molecular weight excluding hydrogens is 212 g/mol. The molecule has 0 spiro atoms. The number of Topliss-reactive ketones (excluding diaryl/α,β-unsaturated/α-hetero) is 1. The fourth-order valence-corrected chi connectivity index (χ4v) is 2.27. The number of nitrogens with zero attached hydrogens (tertiary/aromatic N) is 1. The molecule has 0 aliphatic carbocycles. The van der Waals surface area contributed by atoms with Crippen LogP contribution in [0.5, 0.6) is 0 Å². The summed E-state index contributed by atoms with van der Waals surface area (Å²) in [5, 5.41) is 3.34. The lowest BCUT2D eigenvalue weighted by Crippen LogP contribution is -2.42. The summed E-state index contributed by atoms with van der Waals surface area (Å²) < 4.78 is 0. The number of carbonyl (C=O) groups is 1. The Morgan fingerprint density at radius 1 is 1.35 bits per heavy atom. The predicted molar refractivity (Wildman–Crippen MR) is 69.3 cm³/mol. The number of carbonyl (C=O) groups excluding carboxylic acids is 1. The summed E-state index contributed by atoms with van der Waals surface area (Å²) in [4.78, 5) is 13.9. The summed E-state index contributed by atoms with van der Waals surface area (Å²) in [5.41, 5.74) is 3.17. The lowest BCUT2D eigenvalue weighted by atomic mass is 10.0. The van der Waals surface area contributed by atoms with Crippen LogP contribution in [-0.4, -0.2) is 36.9 Å². The molecule has 1 aromatic carbocycles. The first-order valence-electron chi connectivity index (χ1n) is 6.20. The fraction of sp³-hybridized carbons (Fsp3) is 0.500. The summed E-state index contributed by atoms with van der Waals surface area (Å²) in [6.45, 7) is 8.87. The van der Waals surface area contributed by atoms with E-state index in [1.165, 1.54) is 5.56 Å². The van der Waals surface area contributed by atoms with Gasteiger partial charge in [-0.2, -0.15) is 0 Å². The van der Waals surface area contributed by atoms with E-state index in [1.54, 1.807) is 6.92 Å². The van der Waals surface area contributed by atoms with Crippen LogP contribution in [0.4, 0.5) is 0 Å². The highest BCUT2D eigenvalue weighted by Crippen LogP contribution is 2.14. The van der Waals surface area contributed by atoms with Gasteiger partial charge in [0.15, 0.2) is 5.78 Å². The van der Waals surface area contributed by atoms with Gasteiger partial charge in [-0.25, -0.2) is 0 Å². The lowest BCUT2D eigenvalue weighted by molar-refractivity contribution is 0.101. The van der Waals surface area contributed by atoms with Crippen LogP contribution in [0.1, 0.15) is 28.4 Å². The zero-order valence-corrected chi connectivity index (χ0v) is 10.6. The molecule has 1 aliphatic rings. The number of benzene rings is 1. The smallest absolute Gasteiger partial charge is 0.160 e. The van der Waals surface area contributed by atoms with Crippen molar-refractivity contribution in [3.05, 3.63) is 34.9 Å². The van der Waals surface area contributed by atoms with Crippen molar-refractivity contribution in [1.82, 2.24) is 10.2 Å². The van der Waals surface area contributed by atoms with E-state index in [-0.39, 0.29) is 5.78 Å². The first-order chi connectivity index (χ1) is 8.16. The second-order valence-electron chi connectivity index (χ2n) is 4.73. The zero-order valence-electron chi connectivity index (χ0n) is 10.6. The van der Waals surface area contributed by atoms with E-state index < -0.39 is 0 Å². The molecule has 0 bridgehead atoms. The third-order valence-corrected chi connectivity index (χ3v) is 3.30. The van der Waals surface area contributed by atoms with Gasteiger partial charge in [-0.05, 0) is 31.0 Å². The Morgan fingerprint density at radius 2 is 2.06 bits per heavy atom. The predicted octanol–water partition coefficient (Wildman–Crippen LogP) is 1.60. The van der Waals surface area contributed by atoms with Crippen LogP contribution in [0.3, 0.4) is 0 Å². The van der Waals surface area contributed by atoms with Crippen molar-refractivity contribution in [2.75, 3.05) is 26.2 Å². The van der Waals surface area contributed by atoms with Gasteiger partial charge in [0.1, 0.15) is 0 Å². The van der Waals surface area contributed by atoms with Crippen molar-refractivity contribution >= 4 is 5.78 Å². The molecule has 0 aromatic heterocycles. The Bertz CT molecular complexity index is 409. The second kappa shape index (κ2) is 5.43. The van der Waals surface area contributed by atoms with E-state index in [4.69, 9.17) is 0 Å². The van der Waals surface area contributed by atoms with Crippen LogP contribution >= 0.6 is 0 Å². The van der Waals surface area contributed by atoms with Crippen LogP contribution < -0.4 is 5.32 Å². The molecule has 1 aromatic rings. The first-order valence-corrected chi connectivity index (χ1v) is 6.20. The maximum absolute atomic E-state index is 11.5. The van der Waals surface area contributed by atoms with Crippen LogP contribution in [-0.2, 0) is 6.54 Å². The molecule has 0 radical (unpaired) electrons. The average molecular weight is 232 g/mol. The van der Waals surface area contributed by atoms with E-state index in [1.807, 2.05) is 19.1 Å². The van der Waals surface area contributed by atoms with Crippen LogP contribution in [0.2, 0.25) is 0 Å². The van der Waals surface area contributed by atoms with E-state index in [0.29, 0.717) is 0 Å². The summed E-state index contributed by atoms with van der Waals surface area (Å²) in [6, 6.07) is 6.22. The minimum absolute atomic E-state index is 0.157. The van der Waals surface area contributed by atoms with E-state index >= 15 is 0 Å². The Hall–Kier alpha value is -1.19. The SMILES string of the molecule is CC(=O)c1cc(CN2CCNCC2)ccc1C. The highest BCUT2D eigenvalue weighted by atomic mass is 16.1. The Kier molecular flexibility index (Phi) is 3.92. The van der Waals surface area contributed by atoms with Gasteiger partial charge in [0.25, 0.3) is 0 Å². The third-order valence-electron chi connectivity index (χ3n) is 3.30. The monoisotopic (exact) mass is 232 g/mol. The number of hydrogen-bond donors (Lipinski definition) is 1. The molecule has 0 atom stereocenters. The molecule has 3 nitrogen and oxygen atoms in total. The molecule has 3 heteroatoms. The molecule has 0 amide bonds. The standard InChI is InChI=1S/C14H20N2O/c1-11-3-4-13(9-14(11)12(2)17)10-16-7-5-15-6-8-16/h3-4,9,15H,5-8,10H2,1-2H3. The molecule has 1 fully saturated rings. The van der Waals surface area contributed by atoms with Gasteiger partial charge in [-0.3, -0.25) is 9.69 Å². The van der Waals surface area contributed by atoms with Crippen molar-refractivity contribution in [3.8, 4) is 0 Å². The first kappa shape index (κ1) is 12.3. The molecule has 2 rings (SSSR count). The van der Waals surface area contributed by atoms with Crippen molar-refractivity contribution in [3.63, 3.8) is 0 Å². The summed E-state index contributed by atoms with van der Waals surface area (Å²) in [5.74, 6) is 0.157.